The number of phenolic OH excluding ortho intramolecular Hbond substituents is 2. The first kappa shape index (κ1) is 13.6. The summed E-state index contributed by atoms with van der Waals surface area (Å²) >= 11 is 5.56. The second-order valence-corrected chi connectivity index (χ2v) is 4.29. The molecule has 0 spiro atoms. The van der Waals surface area contributed by atoms with Crippen LogP contribution in [0.15, 0.2) is 18.2 Å². The van der Waals surface area contributed by atoms with Gasteiger partial charge in [-0.25, -0.2) is 0 Å². The van der Waals surface area contributed by atoms with Gasteiger partial charge in [0.2, 0.25) is 0 Å². The maximum atomic E-state index is 11.8. The predicted octanol–water partition coefficient (Wildman–Crippen LogP) is 2.24. The van der Waals surface area contributed by atoms with E-state index in [0.717, 1.165) is 12.8 Å². The van der Waals surface area contributed by atoms with Crippen LogP contribution in [0.1, 0.15) is 30.1 Å². The number of rotatable bonds is 5. The first-order valence-corrected chi connectivity index (χ1v) is 5.97. The molecular weight excluding hydrogens is 242 g/mol. The van der Waals surface area contributed by atoms with Gasteiger partial charge in [0.25, 0.3) is 5.91 Å². The maximum Gasteiger partial charge on any atom is 0.255 e. The number of phenols is 2. The van der Waals surface area contributed by atoms with E-state index in [-0.39, 0.29) is 23.1 Å². The molecule has 0 saturated carbocycles. The van der Waals surface area contributed by atoms with Crippen LogP contribution in [0.25, 0.3) is 0 Å². The van der Waals surface area contributed by atoms with Crippen molar-refractivity contribution < 1.29 is 15.0 Å². The van der Waals surface area contributed by atoms with Gasteiger partial charge < -0.3 is 15.5 Å². The van der Waals surface area contributed by atoms with Crippen LogP contribution in [-0.4, -0.2) is 28.0 Å². The summed E-state index contributed by atoms with van der Waals surface area (Å²) in [4.78, 5) is 11.8. The molecule has 0 radical (unpaired) electrons. The summed E-state index contributed by atoms with van der Waals surface area (Å²) in [5.74, 6) is -0.0518. The molecule has 1 atom stereocenters. The average Bonchev–Trinajstić information content (AvgIpc) is 2.29. The van der Waals surface area contributed by atoms with Crippen LogP contribution in [0.2, 0.25) is 0 Å². The Labute approximate surface area is 105 Å². The lowest BCUT2D eigenvalue weighted by Gasteiger charge is -2.13. The monoisotopic (exact) mass is 257 g/mol. The van der Waals surface area contributed by atoms with Crippen molar-refractivity contribution in [3.05, 3.63) is 23.8 Å². The van der Waals surface area contributed by atoms with E-state index >= 15 is 0 Å². The summed E-state index contributed by atoms with van der Waals surface area (Å²) in [6.45, 7) is 1.87. The Morgan fingerprint density at radius 3 is 2.82 bits per heavy atom. The summed E-state index contributed by atoms with van der Waals surface area (Å²) < 4.78 is 0. The number of benzene rings is 1. The van der Waals surface area contributed by atoms with E-state index in [4.69, 9.17) is 11.6 Å². The number of amides is 1. The van der Waals surface area contributed by atoms with Gasteiger partial charge in [-0.1, -0.05) is 0 Å². The van der Waals surface area contributed by atoms with E-state index < -0.39 is 5.91 Å². The molecule has 1 aromatic rings. The molecule has 0 bridgehead atoms. The van der Waals surface area contributed by atoms with Gasteiger partial charge in [-0.05, 0) is 38.0 Å². The third-order valence-electron chi connectivity index (χ3n) is 2.37. The highest BCUT2D eigenvalue weighted by molar-refractivity contribution is 6.17. The highest BCUT2D eigenvalue weighted by Gasteiger charge is 2.14. The van der Waals surface area contributed by atoms with Gasteiger partial charge >= 0.3 is 0 Å². The number of nitrogens with one attached hydrogen (secondary N) is 1. The van der Waals surface area contributed by atoms with Crippen LogP contribution in [0.4, 0.5) is 0 Å². The second kappa shape index (κ2) is 6.35. The summed E-state index contributed by atoms with van der Waals surface area (Å²) in [5.41, 5.74) is 0.0720. The molecule has 1 amide bonds. The second-order valence-electron chi connectivity index (χ2n) is 3.91. The van der Waals surface area contributed by atoms with Crippen LogP contribution in [0.3, 0.4) is 0 Å². The molecule has 0 heterocycles. The van der Waals surface area contributed by atoms with E-state index in [1.54, 1.807) is 0 Å². The standard InChI is InChI=1S/C12H16ClNO3/c1-8(3-2-6-13)14-12(17)10-7-9(15)4-5-11(10)16/h4-5,7-8,15-16H,2-3,6H2,1H3,(H,14,17). The Morgan fingerprint density at radius 1 is 1.47 bits per heavy atom. The van der Waals surface area contributed by atoms with Crippen LogP contribution >= 0.6 is 11.6 Å². The van der Waals surface area contributed by atoms with Gasteiger partial charge in [0.1, 0.15) is 11.5 Å². The minimum atomic E-state index is -0.402. The SMILES string of the molecule is CC(CCCCl)NC(=O)c1cc(O)ccc1O. The van der Waals surface area contributed by atoms with Gasteiger partial charge in [0, 0.05) is 11.9 Å². The highest BCUT2D eigenvalue weighted by Crippen LogP contribution is 2.22. The maximum absolute atomic E-state index is 11.8. The first-order valence-electron chi connectivity index (χ1n) is 5.43. The van der Waals surface area contributed by atoms with Crippen molar-refractivity contribution in [2.75, 3.05) is 5.88 Å². The van der Waals surface area contributed by atoms with E-state index in [1.807, 2.05) is 6.92 Å². The number of halogens is 1. The van der Waals surface area contributed by atoms with Gasteiger partial charge in [-0.2, -0.15) is 0 Å². The van der Waals surface area contributed by atoms with Crippen molar-refractivity contribution in [2.45, 2.75) is 25.8 Å². The third-order valence-corrected chi connectivity index (χ3v) is 2.64. The molecule has 1 rings (SSSR count). The van der Waals surface area contributed by atoms with Gasteiger partial charge in [-0.3, -0.25) is 4.79 Å². The molecule has 0 aliphatic rings. The predicted molar refractivity (Wildman–Crippen MR) is 66.7 cm³/mol. The number of hydrogen-bond donors (Lipinski definition) is 3. The van der Waals surface area contributed by atoms with Crippen molar-refractivity contribution in [1.82, 2.24) is 5.32 Å². The Kier molecular flexibility index (Phi) is 5.10. The van der Waals surface area contributed by atoms with Crippen molar-refractivity contribution >= 4 is 17.5 Å². The zero-order valence-electron chi connectivity index (χ0n) is 9.61. The zero-order valence-corrected chi connectivity index (χ0v) is 10.4. The molecular formula is C12H16ClNO3. The number of hydrogen-bond acceptors (Lipinski definition) is 3. The highest BCUT2D eigenvalue weighted by atomic mass is 35.5. The zero-order chi connectivity index (χ0) is 12.8. The number of carbonyl (C=O) groups is 1. The van der Waals surface area contributed by atoms with Crippen LogP contribution in [-0.2, 0) is 0 Å². The Balaban J connectivity index is 2.66. The summed E-state index contributed by atoms with van der Waals surface area (Å²) in [6.07, 6.45) is 1.59. The van der Waals surface area contributed by atoms with Crippen LogP contribution < -0.4 is 5.32 Å². The summed E-state index contributed by atoms with van der Waals surface area (Å²) in [7, 11) is 0. The molecule has 0 saturated heterocycles. The first-order chi connectivity index (χ1) is 8.04. The molecule has 3 N–H and O–H groups in total. The molecule has 0 aliphatic carbocycles. The number of alkyl halides is 1. The largest absolute Gasteiger partial charge is 0.508 e. The minimum Gasteiger partial charge on any atom is -0.508 e. The quantitative estimate of drug-likeness (QED) is 0.560. The minimum absolute atomic E-state index is 0.0250. The fourth-order valence-electron chi connectivity index (χ4n) is 1.46. The Morgan fingerprint density at radius 2 is 2.18 bits per heavy atom. The summed E-state index contributed by atoms with van der Waals surface area (Å²) in [5, 5.41) is 21.5. The average molecular weight is 258 g/mol. The molecule has 5 heteroatoms. The van der Waals surface area contributed by atoms with Crippen molar-refractivity contribution in [2.24, 2.45) is 0 Å². The smallest absolute Gasteiger partial charge is 0.255 e. The molecule has 1 aromatic carbocycles. The van der Waals surface area contributed by atoms with Gasteiger partial charge in [-0.15, -0.1) is 11.6 Å². The van der Waals surface area contributed by atoms with Gasteiger partial charge in [0.05, 0.1) is 5.56 Å². The van der Waals surface area contributed by atoms with Crippen molar-refractivity contribution in [3.8, 4) is 11.5 Å². The Hall–Kier alpha value is -1.42. The lowest BCUT2D eigenvalue weighted by Crippen LogP contribution is -2.32. The molecule has 0 aliphatic heterocycles. The Bertz CT molecular complexity index is 395. The normalized spacial score (nSPS) is 12.1. The molecule has 0 fully saturated rings. The van der Waals surface area contributed by atoms with E-state index in [9.17, 15) is 15.0 Å². The molecule has 4 nitrogen and oxygen atoms in total. The third kappa shape index (κ3) is 4.15. The number of aromatic hydroxyl groups is 2. The van der Waals surface area contributed by atoms with E-state index in [0.29, 0.717) is 5.88 Å². The molecule has 94 valence electrons. The van der Waals surface area contributed by atoms with Gasteiger partial charge in [0.15, 0.2) is 0 Å². The molecule has 0 aromatic heterocycles. The lowest BCUT2D eigenvalue weighted by molar-refractivity contribution is 0.0935. The fraction of sp³-hybridized carbons (Fsp3) is 0.417. The van der Waals surface area contributed by atoms with Crippen LogP contribution in [0, 0.1) is 0 Å². The lowest BCUT2D eigenvalue weighted by atomic mass is 10.1. The van der Waals surface area contributed by atoms with Crippen LogP contribution in [0.5, 0.6) is 11.5 Å². The van der Waals surface area contributed by atoms with Crippen molar-refractivity contribution in [3.63, 3.8) is 0 Å². The topological polar surface area (TPSA) is 69.6 Å². The number of carbonyl (C=O) groups excluding carboxylic acids is 1. The summed E-state index contributed by atoms with van der Waals surface area (Å²) in [6, 6.07) is 3.82. The molecule has 1 unspecified atom stereocenters. The van der Waals surface area contributed by atoms with E-state index in [1.165, 1.54) is 18.2 Å². The van der Waals surface area contributed by atoms with Crippen molar-refractivity contribution in [1.29, 1.82) is 0 Å². The molecule has 17 heavy (non-hydrogen) atoms. The fourth-order valence-corrected chi connectivity index (χ4v) is 1.62. The van der Waals surface area contributed by atoms with E-state index in [2.05, 4.69) is 5.32 Å².